The van der Waals surface area contributed by atoms with Crippen LogP contribution in [-0.4, -0.2) is 26.7 Å². The normalized spacial score (nSPS) is 11.1. The number of anilines is 2. The van der Waals surface area contributed by atoms with Gasteiger partial charge in [-0.05, 0) is 73.2 Å². The standard InChI is InChI=1S/C23H23FN2O4S2/c1-2-30-21-11-7-20(8-12-21)26-32(28,29)22-13-9-19(10-14-22)25-23(27)16-31-15-17-3-5-18(24)6-4-17/h3-14,26H,2,15-16H2,1H3,(H,25,27). The minimum atomic E-state index is -3.77. The van der Waals surface area contributed by atoms with Crippen LogP contribution in [0, 0.1) is 5.82 Å². The van der Waals surface area contributed by atoms with Gasteiger partial charge >= 0.3 is 0 Å². The summed E-state index contributed by atoms with van der Waals surface area (Å²) in [6.07, 6.45) is 0. The Balaban J connectivity index is 1.51. The van der Waals surface area contributed by atoms with Gasteiger partial charge in [-0.1, -0.05) is 12.1 Å². The molecule has 0 aliphatic carbocycles. The molecule has 0 fully saturated rings. The first-order valence-corrected chi connectivity index (χ1v) is 12.5. The molecule has 0 radical (unpaired) electrons. The summed E-state index contributed by atoms with van der Waals surface area (Å²) in [7, 11) is -3.77. The van der Waals surface area contributed by atoms with Crippen molar-refractivity contribution in [2.75, 3.05) is 22.4 Å². The number of hydrogen-bond acceptors (Lipinski definition) is 5. The molecule has 32 heavy (non-hydrogen) atoms. The molecule has 168 valence electrons. The zero-order valence-corrected chi connectivity index (χ0v) is 19.0. The highest BCUT2D eigenvalue weighted by molar-refractivity contribution is 7.99. The molecular weight excluding hydrogens is 451 g/mol. The summed E-state index contributed by atoms with van der Waals surface area (Å²) < 4.78 is 45.9. The SMILES string of the molecule is CCOc1ccc(NS(=O)(=O)c2ccc(NC(=O)CSCc3ccc(F)cc3)cc2)cc1. The van der Waals surface area contributed by atoms with E-state index in [4.69, 9.17) is 4.74 Å². The Labute approximate surface area is 191 Å². The molecule has 3 aromatic carbocycles. The second kappa shape index (κ2) is 11.0. The van der Waals surface area contributed by atoms with Gasteiger partial charge in [-0.3, -0.25) is 9.52 Å². The minimum absolute atomic E-state index is 0.0788. The van der Waals surface area contributed by atoms with Crippen molar-refractivity contribution in [1.29, 1.82) is 0 Å². The average Bonchev–Trinajstić information content (AvgIpc) is 2.77. The zero-order valence-electron chi connectivity index (χ0n) is 17.4. The van der Waals surface area contributed by atoms with Crippen LogP contribution >= 0.6 is 11.8 Å². The van der Waals surface area contributed by atoms with Crippen molar-refractivity contribution < 1.29 is 22.3 Å². The summed E-state index contributed by atoms with van der Waals surface area (Å²) in [5.74, 6) is 0.960. The van der Waals surface area contributed by atoms with Crippen LogP contribution in [0.15, 0.2) is 77.7 Å². The zero-order chi connectivity index (χ0) is 23.0. The van der Waals surface area contributed by atoms with Gasteiger partial charge in [0.05, 0.1) is 17.3 Å². The molecule has 0 aromatic heterocycles. The lowest BCUT2D eigenvalue weighted by atomic mass is 10.2. The van der Waals surface area contributed by atoms with Crippen LogP contribution in [-0.2, 0) is 20.6 Å². The number of benzene rings is 3. The third kappa shape index (κ3) is 7.00. The van der Waals surface area contributed by atoms with E-state index in [0.29, 0.717) is 29.5 Å². The molecule has 0 heterocycles. The summed E-state index contributed by atoms with van der Waals surface area (Å²) in [6.45, 7) is 2.40. The third-order valence-electron chi connectivity index (χ3n) is 4.28. The lowest BCUT2D eigenvalue weighted by molar-refractivity contribution is -0.113. The number of carbonyl (C=O) groups excluding carboxylic acids is 1. The van der Waals surface area contributed by atoms with E-state index in [1.807, 2.05) is 6.92 Å². The minimum Gasteiger partial charge on any atom is -0.494 e. The first kappa shape index (κ1) is 23.6. The topological polar surface area (TPSA) is 84.5 Å². The molecule has 0 unspecified atom stereocenters. The van der Waals surface area contributed by atoms with E-state index >= 15 is 0 Å². The van der Waals surface area contributed by atoms with Gasteiger partial charge < -0.3 is 10.1 Å². The molecule has 0 bridgehead atoms. The van der Waals surface area contributed by atoms with E-state index in [9.17, 15) is 17.6 Å². The molecule has 0 spiro atoms. The molecule has 0 saturated heterocycles. The number of thioether (sulfide) groups is 1. The molecule has 9 heteroatoms. The van der Waals surface area contributed by atoms with E-state index in [0.717, 1.165) is 5.56 Å². The highest BCUT2D eigenvalue weighted by Gasteiger charge is 2.14. The van der Waals surface area contributed by atoms with Gasteiger partial charge in [0.1, 0.15) is 11.6 Å². The Hall–Kier alpha value is -3.04. The molecule has 3 rings (SSSR count). The van der Waals surface area contributed by atoms with Gasteiger partial charge in [-0.25, -0.2) is 12.8 Å². The highest BCUT2D eigenvalue weighted by atomic mass is 32.2. The van der Waals surface area contributed by atoms with Crippen LogP contribution in [0.3, 0.4) is 0 Å². The van der Waals surface area contributed by atoms with Crippen molar-refractivity contribution in [3.63, 3.8) is 0 Å². The van der Waals surface area contributed by atoms with Crippen LogP contribution in [0.4, 0.5) is 15.8 Å². The van der Waals surface area contributed by atoms with Gasteiger partial charge in [0.2, 0.25) is 5.91 Å². The molecule has 1 amide bonds. The quantitative estimate of drug-likeness (QED) is 0.437. The van der Waals surface area contributed by atoms with Gasteiger partial charge in [0.25, 0.3) is 10.0 Å². The summed E-state index contributed by atoms with van der Waals surface area (Å²) >= 11 is 1.40. The highest BCUT2D eigenvalue weighted by Crippen LogP contribution is 2.21. The number of hydrogen-bond donors (Lipinski definition) is 2. The maximum atomic E-state index is 12.9. The number of sulfonamides is 1. The van der Waals surface area contributed by atoms with Crippen molar-refractivity contribution in [3.05, 3.63) is 84.2 Å². The second-order valence-corrected chi connectivity index (χ2v) is 9.42. The molecule has 0 aliphatic rings. The van der Waals surface area contributed by atoms with E-state index < -0.39 is 10.0 Å². The summed E-state index contributed by atoms with van der Waals surface area (Å²) in [5.41, 5.74) is 1.85. The predicted octanol–water partition coefficient (Wildman–Crippen LogP) is 4.90. The largest absolute Gasteiger partial charge is 0.494 e. The molecule has 6 nitrogen and oxygen atoms in total. The molecular formula is C23H23FN2O4S2. The molecule has 2 N–H and O–H groups in total. The van der Waals surface area contributed by atoms with E-state index in [-0.39, 0.29) is 22.4 Å². The van der Waals surface area contributed by atoms with Crippen LogP contribution in [0.1, 0.15) is 12.5 Å². The van der Waals surface area contributed by atoms with Gasteiger partial charge in [-0.2, -0.15) is 0 Å². The van der Waals surface area contributed by atoms with Crippen LogP contribution in [0.5, 0.6) is 5.75 Å². The maximum absolute atomic E-state index is 12.9. The smallest absolute Gasteiger partial charge is 0.261 e. The van der Waals surface area contributed by atoms with E-state index in [2.05, 4.69) is 10.0 Å². The van der Waals surface area contributed by atoms with Crippen molar-refractivity contribution in [1.82, 2.24) is 0 Å². The summed E-state index contributed by atoms with van der Waals surface area (Å²) in [4.78, 5) is 12.2. The summed E-state index contributed by atoms with van der Waals surface area (Å²) in [5, 5.41) is 2.73. The summed E-state index contributed by atoms with van der Waals surface area (Å²) in [6, 6.07) is 18.7. The Kier molecular flexibility index (Phi) is 8.13. The van der Waals surface area contributed by atoms with E-state index in [1.165, 1.54) is 48.2 Å². The fraction of sp³-hybridized carbons (Fsp3) is 0.174. The van der Waals surface area contributed by atoms with Gasteiger partial charge in [-0.15, -0.1) is 11.8 Å². The number of halogens is 1. The predicted molar refractivity (Wildman–Crippen MR) is 126 cm³/mol. The molecule has 0 saturated carbocycles. The van der Waals surface area contributed by atoms with Crippen molar-refractivity contribution >= 4 is 39.1 Å². The van der Waals surface area contributed by atoms with Crippen molar-refractivity contribution in [3.8, 4) is 5.75 Å². The number of ether oxygens (including phenoxy) is 1. The number of rotatable bonds is 10. The number of amides is 1. The Bertz CT molecular complexity index is 1130. The average molecular weight is 475 g/mol. The second-order valence-electron chi connectivity index (χ2n) is 6.75. The maximum Gasteiger partial charge on any atom is 0.261 e. The molecule has 0 aliphatic heterocycles. The fourth-order valence-electron chi connectivity index (χ4n) is 2.76. The van der Waals surface area contributed by atoms with Gasteiger partial charge in [0, 0.05) is 17.1 Å². The van der Waals surface area contributed by atoms with Crippen molar-refractivity contribution in [2.24, 2.45) is 0 Å². The lowest BCUT2D eigenvalue weighted by Crippen LogP contribution is -2.15. The Morgan fingerprint density at radius 2 is 1.56 bits per heavy atom. The van der Waals surface area contributed by atoms with Gasteiger partial charge in [0.15, 0.2) is 0 Å². The van der Waals surface area contributed by atoms with Crippen LogP contribution in [0.2, 0.25) is 0 Å². The third-order valence-corrected chi connectivity index (χ3v) is 6.68. The first-order valence-electron chi connectivity index (χ1n) is 9.83. The molecule has 3 aromatic rings. The lowest BCUT2D eigenvalue weighted by Gasteiger charge is -2.10. The number of carbonyl (C=O) groups is 1. The van der Waals surface area contributed by atoms with Crippen LogP contribution in [0.25, 0.3) is 0 Å². The fourth-order valence-corrected chi connectivity index (χ4v) is 4.60. The van der Waals surface area contributed by atoms with Crippen molar-refractivity contribution in [2.45, 2.75) is 17.6 Å². The molecule has 0 atom stereocenters. The van der Waals surface area contributed by atoms with E-state index in [1.54, 1.807) is 36.4 Å². The number of nitrogens with one attached hydrogen (secondary N) is 2. The first-order chi connectivity index (χ1) is 15.4. The monoisotopic (exact) mass is 474 g/mol. The Morgan fingerprint density at radius 3 is 2.19 bits per heavy atom. The van der Waals surface area contributed by atoms with Crippen LogP contribution < -0.4 is 14.8 Å². The Morgan fingerprint density at radius 1 is 0.938 bits per heavy atom.